The van der Waals surface area contributed by atoms with Crippen LogP contribution in [-0.2, 0) is 14.9 Å². The lowest BCUT2D eigenvalue weighted by Gasteiger charge is -2.34. The standard InChI is InChI=1S/C14H29N3O3S/c1-3-7-15-10-13-5-4-8-17(11-13)21(18,19)16-14(2)6-9-20-12-14/h13,15-16H,3-12H2,1-2H3. The first-order valence-corrected chi connectivity index (χ1v) is 9.47. The van der Waals surface area contributed by atoms with Crippen molar-refractivity contribution in [2.75, 3.05) is 39.4 Å². The first kappa shape index (κ1) is 17.1. The fourth-order valence-corrected chi connectivity index (χ4v) is 4.71. The van der Waals surface area contributed by atoms with E-state index < -0.39 is 15.7 Å². The van der Waals surface area contributed by atoms with Gasteiger partial charge in [-0.2, -0.15) is 17.4 Å². The third-order valence-corrected chi connectivity index (χ3v) is 6.04. The van der Waals surface area contributed by atoms with Crippen LogP contribution < -0.4 is 10.0 Å². The van der Waals surface area contributed by atoms with Crippen LogP contribution in [0.5, 0.6) is 0 Å². The fraction of sp³-hybridized carbons (Fsp3) is 1.00. The molecule has 0 amide bonds. The molecule has 0 aromatic carbocycles. The highest BCUT2D eigenvalue weighted by molar-refractivity contribution is 7.87. The smallest absolute Gasteiger partial charge is 0.280 e. The summed E-state index contributed by atoms with van der Waals surface area (Å²) in [5.74, 6) is 0.412. The molecule has 0 bridgehead atoms. The summed E-state index contributed by atoms with van der Waals surface area (Å²) in [7, 11) is -3.41. The zero-order valence-electron chi connectivity index (χ0n) is 13.2. The highest BCUT2D eigenvalue weighted by Crippen LogP contribution is 2.22. The first-order valence-electron chi connectivity index (χ1n) is 8.03. The van der Waals surface area contributed by atoms with Crippen molar-refractivity contribution in [3.8, 4) is 0 Å². The van der Waals surface area contributed by atoms with Gasteiger partial charge in [0, 0.05) is 19.7 Å². The maximum atomic E-state index is 12.6. The topological polar surface area (TPSA) is 70.7 Å². The highest BCUT2D eigenvalue weighted by atomic mass is 32.2. The Labute approximate surface area is 128 Å². The second-order valence-corrected chi connectivity index (χ2v) is 8.21. The number of hydrogen-bond donors (Lipinski definition) is 2. The molecule has 2 N–H and O–H groups in total. The predicted octanol–water partition coefficient (Wildman–Crippen LogP) is 0.711. The number of piperidine rings is 1. The van der Waals surface area contributed by atoms with Gasteiger partial charge in [-0.25, -0.2) is 0 Å². The Morgan fingerprint density at radius 3 is 2.90 bits per heavy atom. The molecule has 0 aromatic heterocycles. The van der Waals surface area contributed by atoms with Gasteiger partial charge >= 0.3 is 0 Å². The molecule has 124 valence electrons. The molecular weight excluding hydrogens is 290 g/mol. The van der Waals surface area contributed by atoms with Crippen molar-refractivity contribution in [3.63, 3.8) is 0 Å². The molecule has 2 fully saturated rings. The third-order valence-electron chi connectivity index (χ3n) is 4.28. The highest BCUT2D eigenvalue weighted by Gasteiger charge is 2.37. The van der Waals surface area contributed by atoms with E-state index in [0.717, 1.165) is 38.8 Å². The van der Waals surface area contributed by atoms with Crippen molar-refractivity contribution in [2.24, 2.45) is 5.92 Å². The van der Waals surface area contributed by atoms with E-state index in [0.29, 0.717) is 32.2 Å². The molecule has 2 aliphatic heterocycles. The zero-order valence-corrected chi connectivity index (χ0v) is 14.0. The summed E-state index contributed by atoms with van der Waals surface area (Å²) in [6.45, 7) is 8.28. The van der Waals surface area contributed by atoms with E-state index in [-0.39, 0.29) is 0 Å². The summed E-state index contributed by atoms with van der Waals surface area (Å²) in [6.07, 6.45) is 3.88. The van der Waals surface area contributed by atoms with Crippen molar-refractivity contribution in [1.82, 2.24) is 14.3 Å². The number of ether oxygens (including phenoxy) is 1. The third kappa shape index (κ3) is 4.89. The van der Waals surface area contributed by atoms with E-state index in [2.05, 4.69) is 17.0 Å². The summed E-state index contributed by atoms with van der Waals surface area (Å²) in [4.78, 5) is 0. The lowest BCUT2D eigenvalue weighted by atomic mass is 10.00. The van der Waals surface area contributed by atoms with Crippen LogP contribution in [0.25, 0.3) is 0 Å². The van der Waals surface area contributed by atoms with Gasteiger partial charge in [-0.3, -0.25) is 0 Å². The summed E-state index contributed by atoms with van der Waals surface area (Å²) in [5, 5.41) is 3.40. The molecule has 21 heavy (non-hydrogen) atoms. The molecule has 0 saturated carbocycles. The van der Waals surface area contributed by atoms with Crippen LogP contribution in [0.3, 0.4) is 0 Å². The predicted molar refractivity (Wildman–Crippen MR) is 83.4 cm³/mol. The van der Waals surface area contributed by atoms with E-state index in [1.165, 1.54) is 0 Å². The SMILES string of the molecule is CCCNCC1CCCN(S(=O)(=O)NC2(C)CCOC2)C1. The van der Waals surface area contributed by atoms with Crippen LogP contribution in [0.1, 0.15) is 39.5 Å². The largest absolute Gasteiger partial charge is 0.379 e. The molecule has 0 spiro atoms. The van der Waals surface area contributed by atoms with E-state index in [9.17, 15) is 8.42 Å². The Hall–Kier alpha value is -0.210. The van der Waals surface area contributed by atoms with Crippen LogP contribution in [0.15, 0.2) is 0 Å². The average Bonchev–Trinajstić information content (AvgIpc) is 2.85. The van der Waals surface area contributed by atoms with E-state index in [1.807, 2.05) is 6.92 Å². The molecule has 2 atom stereocenters. The number of nitrogens with zero attached hydrogens (tertiary/aromatic N) is 1. The van der Waals surface area contributed by atoms with Crippen LogP contribution in [0.2, 0.25) is 0 Å². The monoisotopic (exact) mass is 319 g/mol. The van der Waals surface area contributed by atoms with Crippen LogP contribution >= 0.6 is 0 Å². The van der Waals surface area contributed by atoms with Gasteiger partial charge in [0.2, 0.25) is 0 Å². The Morgan fingerprint density at radius 2 is 2.24 bits per heavy atom. The lowest BCUT2D eigenvalue weighted by molar-refractivity contribution is 0.176. The van der Waals surface area contributed by atoms with Crippen LogP contribution in [0, 0.1) is 5.92 Å². The van der Waals surface area contributed by atoms with Gasteiger partial charge in [0.15, 0.2) is 0 Å². The molecule has 2 heterocycles. The molecule has 2 aliphatic rings. The van der Waals surface area contributed by atoms with E-state index in [4.69, 9.17) is 4.74 Å². The normalized spacial score (nSPS) is 31.6. The van der Waals surface area contributed by atoms with Gasteiger partial charge in [-0.1, -0.05) is 6.92 Å². The summed E-state index contributed by atoms with van der Waals surface area (Å²) in [6, 6.07) is 0. The van der Waals surface area contributed by atoms with Crippen molar-refractivity contribution in [2.45, 2.75) is 45.1 Å². The molecule has 0 aromatic rings. The van der Waals surface area contributed by atoms with Gasteiger partial charge in [0.05, 0.1) is 12.1 Å². The first-order chi connectivity index (χ1) is 9.95. The second-order valence-electron chi connectivity index (χ2n) is 6.54. The van der Waals surface area contributed by atoms with Gasteiger partial charge in [0.25, 0.3) is 10.2 Å². The minimum absolute atomic E-state index is 0.412. The van der Waals surface area contributed by atoms with Crippen molar-refractivity contribution in [1.29, 1.82) is 0 Å². The Kier molecular flexibility index (Phi) is 6.02. The minimum atomic E-state index is -3.41. The minimum Gasteiger partial charge on any atom is -0.379 e. The molecule has 0 aliphatic carbocycles. The molecular formula is C14H29N3O3S. The van der Waals surface area contributed by atoms with E-state index in [1.54, 1.807) is 4.31 Å². The number of hydrogen-bond acceptors (Lipinski definition) is 4. The van der Waals surface area contributed by atoms with E-state index >= 15 is 0 Å². The molecule has 0 radical (unpaired) electrons. The Balaban J connectivity index is 1.89. The lowest BCUT2D eigenvalue weighted by Crippen LogP contribution is -2.54. The summed E-state index contributed by atoms with van der Waals surface area (Å²) >= 11 is 0. The second kappa shape index (κ2) is 7.37. The summed E-state index contributed by atoms with van der Waals surface area (Å²) < 4.78 is 34.9. The van der Waals surface area contributed by atoms with Crippen molar-refractivity contribution < 1.29 is 13.2 Å². The average molecular weight is 319 g/mol. The van der Waals surface area contributed by atoms with Crippen LogP contribution in [0.4, 0.5) is 0 Å². The zero-order chi connectivity index (χ0) is 15.3. The Bertz CT molecular complexity index is 421. The van der Waals surface area contributed by atoms with Gasteiger partial charge in [-0.15, -0.1) is 0 Å². The van der Waals surface area contributed by atoms with Gasteiger partial charge in [-0.05, 0) is 51.6 Å². The summed E-state index contributed by atoms with van der Waals surface area (Å²) in [5.41, 5.74) is -0.452. The molecule has 6 nitrogen and oxygen atoms in total. The molecule has 7 heteroatoms. The maximum Gasteiger partial charge on any atom is 0.280 e. The number of nitrogens with one attached hydrogen (secondary N) is 2. The van der Waals surface area contributed by atoms with Crippen molar-refractivity contribution >= 4 is 10.2 Å². The Morgan fingerprint density at radius 1 is 1.43 bits per heavy atom. The molecule has 2 rings (SSSR count). The maximum absolute atomic E-state index is 12.6. The molecule has 2 unspecified atom stereocenters. The number of rotatable bonds is 7. The fourth-order valence-electron chi connectivity index (χ4n) is 3.02. The quantitative estimate of drug-likeness (QED) is 0.678. The van der Waals surface area contributed by atoms with Gasteiger partial charge in [0.1, 0.15) is 0 Å². The molecule has 2 saturated heterocycles. The van der Waals surface area contributed by atoms with Gasteiger partial charge < -0.3 is 10.1 Å². The van der Waals surface area contributed by atoms with Crippen LogP contribution in [-0.4, -0.2) is 57.7 Å². The van der Waals surface area contributed by atoms with Crippen molar-refractivity contribution in [3.05, 3.63) is 0 Å².